The summed E-state index contributed by atoms with van der Waals surface area (Å²) in [4.78, 5) is 13.4. The molecule has 1 unspecified atom stereocenters. The molecular formula is C11H16ClN3O3S. The number of amides is 1. The second-order valence-corrected chi connectivity index (χ2v) is 8.49. The Bertz CT molecular complexity index is 603. The first-order valence-electron chi connectivity index (χ1n) is 5.89. The van der Waals surface area contributed by atoms with E-state index in [0.29, 0.717) is 5.82 Å². The van der Waals surface area contributed by atoms with Gasteiger partial charge in [-0.25, -0.2) is 13.1 Å². The molecule has 19 heavy (non-hydrogen) atoms. The topological polar surface area (TPSA) is 72.3 Å². The van der Waals surface area contributed by atoms with Crippen LogP contribution in [0.25, 0.3) is 0 Å². The number of carbonyl (C=O) groups excluding carboxylic acids is 1. The molecule has 1 amide bonds. The second-order valence-electron chi connectivity index (χ2n) is 5.58. The van der Waals surface area contributed by atoms with Crippen molar-refractivity contribution in [3.05, 3.63) is 12.3 Å². The Morgan fingerprint density at radius 1 is 1.42 bits per heavy atom. The summed E-state index contributed by atoms with van der Waals surface area (Å²) in [5, 5.41) is 3.34. The molecule has 106 valence electrons. The summed E-state index contributed by atoms with van der Waals surface area (Å²) in [6.07, 6.45) is 1.51. The van der Waals surface area contributed by atoms with Crippen LogP contribution in [0, 0.1) is 0 Å². The van der Waals surface area contributed by atoms with E-state index in [0.717, 1.165) is 0 Å². The normalized spacial score (nSPS) is 21.2. The van der Waals surface area contributed by atoms with E-state index in [-0.39, 0.29) is 24.4 Å². The lowest BCUT2D eigenvalue weighted by Gasteiger charge is -2.26. The summed E-state index contributed by atoms with van der Waals surface area (Å²) >= 11 is 0. The lowest BCUT2D eigenvalue weighted by molar-refractivity contribution is -0.117. The van der Waals surface area contributed by atoms with Gasteiger partial charge in [0.2, 0.25) is 15.0 Å². The van der Waals surface area contributed by atoms with Crippen LogP contribution in [-0.2, 0) is 19.4 Å². The third-order valence-electron chi connectivity index (χ3n) is 3.02. The molecule has 0 aliphatic carbocycles. The van der Waals surface area contributed by atoms with Gasteiger partial charge in [0.1, 0.15) is 11.1 Å². The van der Waals surface area contributed by atoms with E-state index >= 15 is 0 Å². The molecule has 0 saturated carbocycles. The van der Waals surface area contributed by atoms with E-state index in [1.165, 1.54) is 4.90 Å². The zero-order valence-corrected chi connectivity index (χ0v) is 12.6. The van der Waals surface area contributed by atoms with Crippen molar-refractivity contribution in [2.45, 2.75) is 38.0 Å². The number of carbonyl (C=O) groups is 1. The number of nitrogens with zero attached hydrogens (tertiary/aromatic N) is 3. The fourth-order valence-corrected chi connectivity index (χ4v) is 3.13. The Morgan fingerprint density at radius 3 is 2.53 bits per heavy atom. The molecule has 2 rings (SSSR count). The van der Waals surface area contributed by atoms with Crippen molar-refractivity contribution in [1.82, 2.24) is 9.78 Å². The van der Waals surface area contributed by atoms with Crippen molar-refractivity contribution in [3.63, 3.8) is 0 Å². The highest BCUT2D eigenvalue weighted by Crippen LogP contribution is 2.29. The molecule has 0 aromatic carbocycles. The third kappa shape index (κ3) is 2.76. The molecule has 1 saturated heterocycles. The van der Waals surface area contributed by atoms with Crippen LogP contribution in [0.1, 0.15) is 27.2 Å². The van der Waals surface area contributed by atoms with Crippen LogP contribution < -0.4 is 4.90 Å². The first-order valence-corrected chi connectivity index (χ1v) is 8.26. The molecule has 2 heterocycles. The molecule has 1 fully saturated rings. The quantitative estimate of drug-likeness (QED) is 0.772. The van der Waals surface area contributed by atoms with Gasteiger partial charge in [-0.05, 0) is 20.8 Å². The Balaban J connectivity index is 2.35. The van der Waals surface area contributed by atoms with E-state index < -0.39 is 14.3 Å². The van der Waals surface area contributed by atoms with Crippen molar-refractivity contribution in [1.29, 1.82) is 0 Å². The van der Waals surface area contributed by atoms with Gasteiger partial charge in [0, 0.05) is 29.7 Å². The van der Waals surface area contributed by atoms with Crippen molar-refractivity contribution in [2.75, 3.05) is 11.4 Å². The fraction of sp³-hybridized carbons (Fsp3) is 0.636. The number of hydrogen-bond acceptors (Lipinski definition) is 4. The van der Waals surface area contributed by atoms with Crippen molar-refractivity contribution >= 4 is 31.5 Å². The monoisotopic (exact) mass is 305 g/mol. The Kier molecular flexibility index (Phi) is 3.38. The minimum atomic E-state index is -3.73. The number of anilines is 1. The Morgan fingerprint density at radius 2 is 2.05 bits per heavy atom. The third-order valence-corrected chi connectivity index (χ3v) is 4.89. The lowest BCUT2D eigenvalue weighted by atomic mass is 10.1. The molecule has 1 aromatic heterocycles. The molecular weight excluding hydrogens is 290 g/mol. The molecule has 1 aromatic rings. The van der Waals surface area contributed by atoms with Gasteiger partial charge in [-0.3, -0.25) is 9.69 Å². The van der Waals surface area contributed by atoms with Crippen LogP contribution in [0.3, 0.4) is 0 Å². The number of halogens is 1. The van der Waals surface area contributed by atoms with E-state index in [1.54, 1.807) is 16.9 Å². The van der Waals surface area contributed by atoms with Crippen molar-refractivity contribution < 1.29 is 13.2 Å². The molecule has 1 aliphatic rings. The van der Waals surface area contributed by atoms with Crippen LogP contribution in [0.15, 0.2) is 12.3 Å². The zero-order valence-electron chi connectivity index (χ0n) is 11.0. The molecule has 6 nitrogen and oxygen atoms in total. The highest BCUT2D eigenvalue weighted by Gasteiger charge is 2.39. The maximum absolute atomic E-state index is 12.0. The molecule has 1 aliphatic heterocycles. The molecule has 0 N–H and O–H groups in total. The highest BCUT2D eigenvalue weighted by molar-refractivity contribution is 8.14. The second kappa shape index (κ2) is 4.49. The summed E-state index contributed by atoms with van der Waals surface area (Å²) in [5.41, 5.74) is -0.295. The van der Waals surface area contributed by atoms with Gasteiger partial charge in [0.15, 0.2) is 0 Å². The maximum atomic E-state index is 12.0. The average molecular weight is 306 g/mol. The minimum absolute atomic E-state index is 0.0758. The standard InChI is InChI=1S/C11H16ClN3O3S/c1-11(2,3)15-9(4-5-13-15)14-7-8(6-10(14)16)19(12,17)18/h4-5,8H,6-7H2,1-3H3. The maximum Gasteiger partial charge on any atom is 0.237 e. The van der Waals surface area contributed by atoms with E-state index in [2.05, 4.69) is 5.10 Å². The molecule has 1 atom stereocenters. The van der Waals surface area contributed by atoms with Crippen LogP contribution in [0.4, 0.5) is 5.82 Å². The molecule has 0 radical (unpaired) electrons. The van der Waals surface area contributed by atoms with Gasteiger partial charge < -0.3 is 0 Å². The summed E-state index contributed by atoms with van der Waals surface area (Å²) in [6.45, 7) is 5.95. The Labute approximate surface area is 116 Å². The summed E-state index contributed by atoms with van der Waals surface area (Å²) in [6, 6.07) is 1.70. The van der Waals surface area contributed by atoms with Gasteiger partial charge in [-0.1, -0.05) is 0 Å². The van der Waals surface area contributed by atoms with E-state index in [4.69, 9.17) is 10.7 Å². The van der Waals surface area contributed by atoms with Gasteiger partial charge in [0.25, 0.3) is 0 Å². The number of hydrogen-bond donors (Lipinski definition) is 0. The predicted octanol–water partition coefficient (Wildman–Crippen LogP) is 1.31. The van der Waals surface area contributed by atoms with Crippen molar-refractivity contribution in [3.8, 4) is 0 Å². The van der Waals surface area contributed by atoms with Gasteiger partial charge in [-0.2, -0.15) is 5.10 Å². The average Bonchev–Trinajstić information content (AvgIpc) is 2.80. The minimum Gasteiger partial charge on any atom is -0.296 e. The smallest absolute Gasteiger partial charge is 0.237 e. The predicted molar refractivity (Wildman–Crippen MR) is 72.8 cm³/mol. The summed E-state index contributed by atoms with van der Waals surface area (Å²) in [7, 11) is 1.60. The van der Waals surface area contributed by atoms with Gasteiger partial charge in [-0.15, -0.1) is 0 Å². The SMILES string of the molecule is CC(C)(C)n1nccc1N1CC(S(=O)(=O)Cl)CC1=O. The first-order chi connectivity index (χ1) is 8.60. The van der Waals surface area contributed by atoms with Gasteiger partial charge in [0.05, 0.1) is 11.7 Å². The lowest BCUT2D eigenvalue weighted by Crippen LogP contribution is -2.33. The summed E-state index contributed by atoms with van der Waals surface area (Å²) < 4.78 is 24.4. The summed E-state index contributed by atoms with van der Waals surface area (Å²) in [5.74, 6) is 0.348. The van der Waals surface area contributed by atoms with E-state index in [1.807, 2.05) is 20.8 Å². The van der Waals surface area contributed by atoms with Crippen LogP contribution in [-0.4, -0.2) is 35.9 Å². The van der Waals surface area contributed by atoms with Crippen LogP contribution in [0.5, 0.6) is 0 Å². The Hall–Kier alpha value is -1.08. The number of rotatable bonds is 2. The van der Waals surface area contributed by atoms with Crippen LogP contribution in [0.2, 0.25) is 0 Å². The van der Waals surface area contributed by atoms with Crippen molar-refractivity contribution in [2.24, 2.45) is 0 Å². The fourth-order valence-electron chi connectivity index (χ4n) is 2.10. The van der Waals surface area contributed by atoms with Gasteiger partial charge >= 0.3 is 0 Å². The first kappa shape index (κ1) is 14.3. The zero-order chi connectivity index (χ0) is 14.4. The molecule has 0 bridgehead atoms. The van der Waals surface area contributed by atoms with E-state index in [9.17, 15) is 13.2 Å². The number of aromatic nitrogens is 2. The van der Waals surface area contributed by atoms with Crippen LogP contribution >= 0.6 is 10.7 Å². The molecule has 8 heteroatoms. The highest BCUT2D eigenvalue weighted by atomic mass is 35.7. The molecule has 0 spiro atoms. The largest absolute Gasteiger partial charge is 0.296 e.